The minimum Gasteiger partial charge on any atom is -0.481 e. The van der Waals surface area contributed by atoms with Crippen LogP contribution in [-0.2, 0) is 4.79 Å². The predicted molar refractivity (Wildman–Crippen MR) is 87.7 cm³/mol. The summed E-state index contributed by atoms with van der Waals surface area (Å²) in [7, 11) is 2.94. The van der Waals surface area contributed by atoms with Gasteiger partial charge in [0.1, 0.15) is 5.56 Å². The molecule has 0 bridgehead atoms. The maximum Gasteiger partial charge on any atom is 0.277 e. The van der Waals surface area contributed by atoms with E-state index in [9.17, 15) is 9.59 Å². The lowest BCUT2D eigenvalue weighted by Gasteiger charge is -2.28. The average molecular weight is 339 g/mol. The molecule has 0 aliphatic carbocycles. The number of methoxy groups -OCH3 is 2. The lowest BCUT2D eigenvalue weighted by Crippen LogP contribution is -2.45. The number of ether oxygens (including phenoxy) is 2. The van der Waals surface area contributed by atoms with Gasteiger partial charge < -0.3 is 9.47 Å². The summed E-state index contributed by atoms with van der Waals surface area (Å²) >= 11 is 1.54. The average Bonchev–Trinajstić information content (AvgIpc) is 3.08. The quantitative estimate of drug-likeness (QED) is 0.781. The van der Waals surface area contributed by atoms with Crippen LogP contribution in [0.25, 0.3) is 0 Å². The van der Waals surface area contributed by atoms with Crippen molar-refractivity contribution in [2.75, 3.05) is 38.8 Å². The van der Waals surface area contributed by atoms with E-state index in [1.807, 2.05) is 6.92 Å². The molecule has 0 spiro atoms. The van der Waals surface area contributed by atoms with Gasteiger partial charge in [-0.05, 0) is 18.2 Å². The van der Waals surface area contributed by atoms with E-state index in [2.05, 4.69) is 4.98 Å². The number of aromatic nitrogens is 1. The molecule has 0 N–H and O–H groups in total. The van der Waals surface area contributed by atoms with Crippen molar-refractivity contribution in [1.29, 1.82) is 0 Å². The first kappa shape index (κ1) is 17.4. The number of hydrazine groups is 1. The molecule has 0 aromatic carbocycles. The molecule has 0 unspecified atom stereocenters. The first-order valence-corrected chi connectivity index (χ1v) is 8.56. The van der Waals surface area contributed by atoms with E-state index in [1.54, 1.807) is 23.9 Å². The molecule has 7 nitrogen and oxygen atoms in total. The smallest absolute Gasteiger partial charge is 0.277 e. The molecule has 1 fully saturated rings. The monoisotopic (exact) mass is 339 g/mol. The Labute approximate surface area is 139 Å². The Morgan fingerprint density at radius 3 is 2.61 bits per heavy atom. The Bertz CT molecular complexity index is 582. The first-order valence-electron chi connectivity index (χ1n) is 7.41. The fraction of sp³-hybridized carbons (Fsp3) is 0.533. The molecule has 0 atom stereocenters. The van der Waals surface area contributed by atoms with Crippen molar-refractivity contribution >= 4 is 23.6 Å². The fourth-order valence-electron chi connectivity index (χ4n) is 2.34. The predicted octanol–water partition coefficient (Wildman–Crippen LogP) is 1.44. The molecule has 126 valence electrons. The van der Waals surface area contributed by atoms with Gasteiger partial charge >= 0.3 is 0 Å². The molecule has 2 heterocycles. The second kappa shape index (κ2) is 8.05. The molecule has 1 aromatic heterocycles. The minimum absolute atomic E-state index is 0.0527. The van der Waals surface area contributed by atoms with Gasteiger partial charge in [-0.3, -0.25) is 14.6 Å². The van der Waals surface area contributed by atoms with E-state index in [0.717, 1.165) is 12.2 Å². The van der Waals surface area contributed by atoms with Crippen LogP contribution in [0.1, 0.15) is 23.7 Å². The summed E-state index contributed by atoms with van der Waals surface area (Å²) in [5.41, 5.74) is 0.316. The van der Waals surface area contributed by atoms with Crippen LogP contribution in [-0.4, -0.2) is 65.6 Å². The van der Waals surface area contributed by atoms with Gasteiger partial charge in [-0.2, -0.15) is 16.7 Å². The molecule has 0 saturated carbocycles. The SMILES string of the molecule is CCSCC(=O)N1CCCN1C(=O)c1ccc(OC)nc1OC. The van der Waals surface area contributed by atoms with E-state index in [-0.39, 0.29) is 17.7 Å². The van der Waals surface area contributed by atoms with Gasteiger partial charge in [-0.15, -0.1) is 0 Å². The lowest BCUT2D eigenvalue weighted by atomic mass is 10.2. The summed E-state index contributed by atoms with van der Waals surface area (Å²) in [6.45, 7) is 3.07. The van der Waals surface area contributed by atoms with Crippen molar-refractivity contribution in [2.45, 2.75) is 13.3 Å². The number of hydrogen-bond acceptors (Lipinski definition) is 6. The van der Waals surface area contributed by atoms with Gasteiger partial charge in [-0.1, -0.05) is 6.92 Å². The van der Waals surface area contributed by atoms with Crippen LogP contribution in [0.2, 0.25) is 0 Å². The second-order valence-electron chi connectivity index (χ2n) is 4.85. The van der Waals surface area contributed by atoms with Crippen LogP contribution < -0.4 is 9.47 Å². The maximum absolute atomic E-state index is 12.8. The van der Waals surface area contributed by atoms with Gasteiger partial charge in [-0.25, -0.2) is 5.01 Å². The van der Waals surface area contributed by atoms with Gasteiger partial charge in [0.05, 0.1) is 20.0 Å². The fourth-order valence-corrected chi connectivity index (χ4v) is 2.87. The summed E-state index contributed by atoms with van der Waals surface area (Å²) < 4.78 is 10.2. The molecule has 1 aliphatic heterocycles. The van der Waals surface area contributed by atoms with Gasteiger partial charge in [0.25, 0.3) is 11.8 Å². The van der Waals surface area contributed by atoms with Gasteiger partial charge in [0.15, 0.2) is 0 Å². The Morgan fingerprint density at radius 2 is 1.96 bits per heavy atom. The number of rotatable bonds is 6. The zero-order valence-electron chi connectivity index (χ0n) is 13.6. The largest absolute Gasteiger partial charge is 0.481 e. The standard InChI is InChI=1S/C15H21N3O4S/c1-4-23-10-13(19)17-8-5-9-18(17)15(20)11-6-7-12(21-2)16-14(11)22-3/h6-7H,4-5,8-10H2,1-3H3. The third kappa shape index (κ3) is 3.87. The van der Waals surface area contributed by atoms with Gasteiger partial charge in [0.2, 0.25) is 11.8 Å². The highest BCUT2D eigenvalue weighted by molar-refractivity contribution is 7.99. The summed E-state index contributed by atoms with van der Waals surface area (Å²) in [6, 6.07) is 3.21. The number of carbonyl (C=O) groups excluding carboxylic acids is 2. The highest BCUT2D eigenvalue weighted by Crippen LogP contribution is 2.24. The Hall–Kier alpha value is -1.96. The zero-order valence-corrected chi connectivity index (χ0v) is 14.4. The molecule has 1 saturated heterocycles. The normalized spacial score (nSPS) is 14.0. The molecule has 8 heteroatoms. The van der Waals surface area contributed by atoms with Crippen LogP contribution >= 0.6 is 11.8 Å². The van der Waals surface area contributed by atoms with Crippen molar-refractivity contribution in [3.05, 3.63) is 17.7 Å². The molecule has 1 aromatic rings. The lowest BCUT2D eigenvalue weighted by molar-refractivity contribution is -0.137. The number of thioether (sulfide) groups is 1. The number of pyridine rings is 1. The van der Waals surface area contributed by atoms with Crippen LogP contribution in [0.5, 0.6) is 11.8 Å². The summed E-state index contributed by atoms with van der Waals surface area (Å²) in [6.07, 6.45) is 0.764. The minimum atomic E-state index is -0.288. The zero-order chi connectivity index (χ0) is 16.8. The van der Waals surface area contributed by atoms with E-state index in [4.69, 9.17) is 9.47 Å². The van der Waals surface area contributed by atoms with Crippen molar-refractivity contribution in [3.8, 4) is 11.8 Å². The van der Waals surface area contributed by atoms with Crippen LogP contribution in [0, 0.1) is 0 Å². The highest BCUT2D eigenvalue weighted by atomic mass is 32.2. The summed E-state index contributed by atoms with van der Waals surface area (Å²) in [5.74, 6) is 1.46. The topological polar surface area (TPSA) is 72.0 Å². The number of carbonyl (C=O) groups is 2. The van der Waals surface area contributed by atoms with Crippen molar-refractivity contribution in [2.24, 2.45) is 0 Å². The number of amides is 2. The molecular weight excluding hydrogens is 318 g/mol. The van der Waals surface area contributed by atoms with Crippen LogP contribution in [0.15, 0.2) is 12.1 Å². The molecule has 2 rings (SSSR count). The molecule has 23 heavy (non-hydrogen) atoms. The van der Waals surface area contributed by atoms with Crippen molar-refractivity contribution in [3.63, 3.8) is 0 Å². The van der Waals surface area contributed by atoms with E-state index < -0.39 is 0 Å². The Balaban J connectivity index is 2.20. The second-order valence-corrected chi connectivity index (χ2v) is 6.12. The number of nitrogens with zero attached hydrogens (tertiary/aromatic N) is 3. The van der Waals surface area contributed by atoms with E-state index in [1.165, 1.54) is 24.2 Å². The van der Waals surface area contributed by atoms with Crippen LogP contribution in [0.4, 0.5) is 0 Å². The number of hydrogen-bond donors (Lipinski definition) is 0. The van der Waals surface area contributed by atoms with Crippen LogP contribution in [0.3, 0.4) is 0 Å². The third-order valence-electron chi connectivity index (χ3n) is 3.45. The maximum atomic E-state index is 12.8. The van der Waals surface area contributed by atoms with Crippen molar-refractivity contribution in [1.82, 2.24) is 15.0 Å². The van der Waals surface area contributed by atoms with Gasteiger partial charge in [0, 0.05) is 19.2 Å². The van der Waals surface area contributed by atoms with E-state index in [0.29, 0.717) is 30.3 Å². The first-order chi connectivity index (χ1) is 11.1. The Kier molecular flexibility index (Phi) is 6.09. The third-order valence-corrected chi connectivity index (χ3v) is 4.31. The molecular formula is C15H21N3O4S. The molecule has 0 radical (unpaired) electrons. The van der Waals surface area contributed by atoms with E-state index >= 15 is 0 Å². The Morgan fingerprint density at radius 1 is 1.22 bits per heavy atom. The molecule has 2 amide bonds. The summed E-state index contributed by atoms with van der Waals surface area (Å²) in [4.78, 5) is 29.2. The summed E-state index contributed by atoms with van der Waals surface area (Å²) in [5, 5.41) is 3.00. The van der Waals surface area contributed by atoms with Crippen molar-refractivity contribution < 1.29 is 19.1 Å². The molecule has 1 aliphatic rings. The highest BCUT2D eigenvalue weighted by Gasteiger charge is 2.32.